The summed E-state index contributed by atoms with van der Waals surface area (Å²) in [7, 11) is 0. The number of fused-ring (bicyclic) bond motifs is 8. The van der Waals surface area contributed by atoms with Crippen LogP contribution in [0.2, 0.25) is 0 Å². The minimum atomic E-state index is -1.08. The predicted molar refractivity (Wildman–Crippen MR) is 257 cm³/mol. The number of carbonyl (C=O) groups is 2. The van der Waals surface area contributed by atoms with Crippen molar-refractivity contribution in [1.29, 1.82) is 0 Å². The molecular formula is C58H46Cr2O12-2. The van der Waals surface area contributed by atoms with E-state index in [2.05, 4.69) is 12.1 Å². The Morgan fingerprint density at radius 1 is 0.333 bits per heavy atom. The first-order chi connectivity index (χ1) is 34.7. The molecule has 0 radical (unpaired) electrons. The van der Waals surface area contributed by atoms with Crippen LogP contribution in [0, 0.1) is 39.8 Å². The van der Waals surface area contributed by atoms with Crippen molar-refractivity contribution in [3.05, 3.63) is 234 Å². The number of rotatable bonds is 6. The van der Waals surface area contributed by atoms with Crippen LogP contribution >= 0.6 is 0 Å². The molecule has 8 aromatic rings. The number of aromatic hydroxyl groups is 8. The summed E-state index contributed by atoms with van der Waals surface area (Å²) in [4.78, 5) is 23.9. The molecule has 8 N–H and O–H groups in total. The van der Waals surface area contributed by atoms with Crippen molar-refractivity contribution in [1.82, 2.24) is 0 Å². The molecule has 0 fully saturated rings. The Bertz CT molecular complexity index is 3130. The molecule has 8 aromatic carbocycles. The second-order valence-electron chi connectivity index (χ2n) is 17.5. The van der Waals surface area contributed by atoms with Crippen LogP contribution in [-0.4, -0.2) is 53.4 Å². The third-order valence-electron chi connectivity index (χ3n) is 13.7. The third kappa shape index (κ3) is 9.07. The van der Waals surface area contributed by atoms with E-state index in [0.717, 1.165) is 0 Å². The van der Waals surface area contributed by atoms with E-state index in [-0.39, 0.29) is 113 Å². The first-order valence-electron chi connectivity index (χ1n) is 22.2. The number of hydrogen-bond acceptors (Lipinski definition) is 12. The standard InChI is InChI=1S/C58H46O10.2Cr.2O/c1-29-51(61)39-23-40(52(29)62)48(36-13-9-6-10-14-36)42-25-44(56(66)31(3)54(42)64)50(38-21-17-34(28-60)18-22-38)46-26-45(57(67)32(4)58(46)68)49(37-19-15-33(27-59)16-20-37)43-24-41(53(63)30(2)55(43)65)47(39)35-11-7-5-8-12-35;;;;/h7-28,47-50,61-68H,1-4H3;;;;/q-2;;;;. The van der Waals surface area contributed by atoms with Crippen molar-refractivity contribution in [3.8, 4) is 46.0 Å². The predicted octanol–water partition coefficient (Wildman–Crippen LogP) is 10.6. The summed E-state index contributed by atoms with van der Waals surface area (Å²) in [6, 6.07) is 39.4. The Balaban J connectivity index is 0.00000186. The first kappa shape index (κ1) is 52.0. The number of hydrogen-bond donors (Lipinski definition) is 8. The van der Waals surface area contributed by atoms with Crippen LogP contribution in [-0.2, 0) is 40.1 Å². The molecule has 0 spiro atoms. The van der Waals surface area contributed by atoms with E-state index in [1.807, 2.05) is 0 Å². The van der Waals surface area contributed by atoms with Crippen molar-refractivity contribution in [2.75, 3.05) is 0 Å². The summed E-state index contributed by atoms with van der Waals surface area (Å²) in [5.41, 5.74) is 4.86. The van der Waals surface area contributed by atoms with Crippen LogP contribution in [0.25, 0.3) is 0 Å². The zero-order valence-corrected chi connectivity index (χ0v) is 41.6. The van der Waals surface area contributed by atoms with Gasteiger partial charge in [-0.25, -0.2) is 0 Å². The second kappa shape index (κ2) is 21.7. The van der Waals surface area contributed by atoms with Gasteiger partial charge in [-0.3, -0.25) is 9.59 Å². The molecule has 0 aliphatic heterocycles. The fraction of sp³-hybridized carbons (Fsp3) is 0.138. The van der Waals surface area contributed by atoms with Crippen LogP contribution in [0.5, 0.6) is 46.0 Å². The molecule has 1 aliphatic rings. The van der Waals surface area contributed by atoms with Crippen molar-refractivity contribution in [3.63, 3.8) is 0 Å². The maximum atomic E-state index is 12.3. The Labute approximate surface area is 431 Å². The molecule has 12 nitrogen and oxygen atoms in total. The molecule has 8 bridgehead atoms. The van der Waals surface area contributed by atoms with Gasteiger partial charge in [0.1, 0.15) is 58.6 Å². The Morgan fingerprint density at radius 3 is 0.694 bits per heavy atom. The molecule has 72 heavy (non-hydrogen) atoms. The first-order valence-corrected chi connectivity index (χ1v) is 23.3. The summed E-state index contributed by atoms with van der Waals surface area (Å²) in [6.07, 6.45) is 1.38. The van der Waals surface area contributed by atoms with Gasteiger partial charge < -0.3 is 40.9 Å². The topological polar surface area (TPSA) is 230 Å². The quantitative estimate of drug-likeness (QED) is 0.0575. The van der Waals surface area contributed by atoms with Crippen LogP contribution in [0.4, 0.5) is 0 Å². The second-order valence-corrected chi connectivity index (χ2v) is 17.5. The van der Waals surface area contributed by atoms with E-state index in [1.165, 1.54) is 39.4 Å². The van der Waals surface area contributed by atoms with Crippen molar-refractivity contribution < 1.29 is 90.5 Å². The van der Waals surface area contributed by atoms with Crippen molar-refractivity contribution >= 4 is 12.6 Å². The van der Waals surface area contributed by atoms with E-state index < -0.39 is 23.7 Å². The van der Waals surface area contributed by atoms with Crippen LogP contribution in [0.15, 0.2) is 121 Å². The molecule has 0 amide bonds. The van der Waals surface area contributed by atoms with Gasteiger partial charge in [-0.05, 0) is 63.1 Å². The van der Waals surface area contributed by atoms with Gasteiger partial charge in [0, 0.05) is 102 Å². The summed E-state index contributed by atoms with van der Waals surface area (Å²) in [6.45, 7) is 6.17. The monoisotopic (exact) mass is 1040 g/mol. The van der Waals surface area contributed by atoms with Gasteiger partial charge in [-0.15, -0.1) is 11.1 Å². The zero-order chi connectivity index (χ0) is 52.3. The van der Waals surface area contributed by atoms with Gasteiger partial charge in [-0.1, -0.05) is 48.5 Å². The third-order valence-corrected chi connectivity index (χ3v) is 13.7. The van der Waals surface area contributed by atoms with Gasteiger partial charge in [0.05, 0.1) is 0 Å². The normalized spacial score (nSPS) is 15.7. The van der Waals surface area contributed by atoms with Crippen LogP contribution in [0.1, 0.15) is 133 Å². The number of aldehydes is 2. The van der Waals surface area contributed by atoms with E-state index in [4.69, 9.17) is 7.61 Å². The van der Waals surface area contributed by atoms with E-state index >= 15 is 0 Å². The average Bonchev–Trinajstić information content (AvgIpc) is 3.42. The molecule has 9 rings (SSSR count). The summed E-state index contributed by atoms with van der Waals surface area (Å²) < 4.78 is 16.2. The van der Waals surface area contributed by atoms with Gasteiger partial charge in [0.25, 0.3) is 0 Å². The van der Waals surface area contributed by atoms with Crippen LogP contribution < -0.4 is 0 Å². The van der Waals surface area contributed by atoms with Gasteiger partial charge in [0.2, 0.25) is 0 Å². The van der Waals surface area contributed by atoms with Gasteiger partial charge >= 0.3 is 40.1 Å². The fourth-order valence-electron chi connectivity index (χ4n) is 9.98. The summed E-state index contributed by atoms with van der Waals surface area (Å²) in [5.74, 6) is -6.69. The fourth-order valence-corrected chi connectivity index (χ4v) is 9.98. The minimum absolute atomic E-state index is 0.0465. The van der Waals surface area contributed by atoms with Crippen molar-refractivity contribution in [2.24, 2.45) is 0 Å². The molecule has 0 saturated carbocycles. The summed E-state index contributed by atoms with van der Waals surface area (Å²) >= 11 is 2.75. The Hall–Kier alpha value is -7.84. The van der Waals surface area contributed by atoms with E-state index in [1.54, 1.807) is 142 Å². The van der Waals surface area contributed by atoms with E-state index in [9.17, 15) is 50.4 Å². The number of phenolic OH excluding ortho intramolecular Hbond substituents is 8. The van der Waals surface area contributed by atoms with Crippen molar-refractivity contribution in [2.45, 2.75) is 51.4 Å². The SMILES string of the molecule is Cc1c(O)c2cc(c1O)C(c1cc[c-]cc1)c1cc(c(O)c(C)c1O)C(c1ccc(C=O)cc1)c1cc(c(O)c(C)c1O)C(c1ccc(C=O)cc1)c1cc(c(O)c(C)c1O)C2c1cc[c-]cc1.[O]=[Cr].[O]=[Cr]. The molecule has 4 unspecified atom stereocenters. The van der Waals surface area contributed by atoms with Gasteiger partial charge in [-0.2, -0.15) is 60.7 Å². The molecule has 14 heteroatoms. The Morgan fingerprint density at radius 2 is 0.514 bits per heavy atom. The maximum absolute atomic E-state index is 12.3. The average molecular weight is 1040 g/mol. The Kier molecular flexibility index (Phi) is 15.6. The number of carbonyl (C=O) groups excluding carboxylic acids is 2. The molecule has 0 saturated heterocycles. The van der Waals surface area contributed by atoms with Crippen LogP contribution in [0.3, 0.4) is 0 Å². The number of phenols is 8. The molecule has 364 valence electrons. The number of benzene rings is 8. The van der Waals surface area contributed by atoms with Gasteiger partial charge in [0.15, 0.2) is 0 Å². The molecule has 0 heterocycles. The zero-order valence-electron chi connectivity index (χ0n) is 39.0. The molecule has 0 aromatic heterocycles. The molecular weight excluding hydrogens is 993 g/mol. The van der Waals surface area contributed by atoms with E-state index in [0.29, 0.717) is 46.0 Å². The molecule has 1 aliphatic carbocycles. The molecule has 4 atom stereocenters. The summed E-state index contributed by atoms with van der Waals surface area (Å²) in [5, 5.41) is 98.6.